The molecule has 2 heterocycles. The molecule has 0 radical (unpaired) electrons. The molecule has 1 amide bonds. The van der Waals surface area contributed by atoms with Crippen molar-refractivity contribution >= 4 is 29.4 Å². The van der Waals surface area contributed by atoms with Gasteiger partial charge in [0.15, 0.2) is 0 Å². The van der Waals surface area contributed by atoms with Crippen molar-refractivity contribution in [3.05, 3.63) is 72.6 Å². The summed E-state index contributed by atoms with van der Waals surface area (Å²) in [6.07, 6.45) is 6.33. The van der Waals surface area contributed by atoms with Crippen molar-refractivity contribution < 1.29 is 9.53 Å². The number of aromatic nitrogens is 1. The number of carbonyl (C=O) groups is 1. The Labute approximate surface area is 179 Å². The first-order chi connectivity index (χ1) is 14.2. The van der Waals surface area contributed by atoms with E-state index in [0.29, 0.717) is 12.3 Å². The molecule has 0 saturated heterocycles. The number of fused-ring (bicyclic) bond motifs is 1. The molecule has 4 nitrogen and oxygen atoms in total. The Kier molecular flexibility index (Phi) is 6.42. The molecule has 1 N–H and O–H groups in total. The van der Waals surface area contributed by atoms with Crippen molar-refractivity contribution in [2.45, 2.75) is 22.3 Å². The number of amides is 1. The zero-order valence-electron chi connectivity index (χ0n) is 16.1. The normalized spacial score (nSPS) is 14.9. The van der Waals surface area contributed by atoms with Crippen LogP contribution in [0.5, 0.6) is 5.75 Å². The molecule has 1 atom stereocenters. The highest BCUT2D eigenvalue weighted by Crippen LogP contribution is 2.33. The van der Waals surface area contributed by atoms with Crippen molar-refractivity contribution in [1.82, 2.24) is 10.3 Å². The fraction of sp³-hybridized carbons (Fsp3) is 0.217. The van der Waals surface area contributed by atoms with E-state index in [1.807, 2.05) is 18.2 Å². The average Bonchev–Trinajstić information content (AvgIpc) is 3.19. The fourth-order valence-corrected chi connectivity index (χ4v) is 4.38. The molecule has 3 aromatic rings. The average molecular weight is 423 g/mol. The van der Waals surface area contributed by atoms with E-state index in [9.17, 15) is 4.79 Å². The lowest BCUT2D eigenvalue weighted by atomic mass is 10.0. The molecule has 0 fully saturated rings. The van der Waals surface area contributed by atoms with Crippen molar-refractivity contribution in [2.75, 3.05) is 18.6 Å². The Hall–Kier alpha value is -2.44. The summed E-state index contributed by atoms with van der Waals surface area (Å²) in [5.74, 6) is 1.32. The number of carbonyl (C=O) groups excluding carboxylic acids is 1. The molecule has 29 heavy (non-hydrogen) atoms. The van der Waals surface area contributed by atoms with Gasteiger partial charge in [0.1, 0.15) is 11.9 Å². The largest absolute Gasteiger partial charge is 0.488 e. The predicted octanol–water partition coefficient (Wildman–Crippen LogP) is 4.68. The van der Waals surface area contributed by atoms with Gasteiger partial charge in [-0.15, -0.1) is 23.5 Å². The number of hydrogen-bond acceptors (Lipinski definition) is 5. The third kappa shape index (κ3) is 5.14. The van der Waals surface area contributed by atoms with Crippen molar-refractivity contribution in [3.8, 4) is 16.9 Å². The second-order valence-electron chi connectivity index (χ2n) is 6.77. The smallest absolute Gasteiger partial charge is 0.230 e. The topological polar surface area (TPSA) is 51.2 Å². The molecule has 0 bridgehead atoms. The molecule has 6 heteroatoms. The third-order valence-electron chi connectivity index (χ3n) is 4.77. The van der Waals surface area contributed by atoms with Crippen LogP contribution in [0.4, 0.5) is 0 Å². The van der Waals surface area contributed by atoms with Crippen LogP contribution in [0, 0.1) is 0 Å². The Morgan fingerprint density at radius 3 is 2.59 bits per heavy atom. The van der Waals surface area contributed by atoms with Gasteiger partial charge in [-0.3, -0.25) is 9.78 Å². The lowest BCUT2D eigenvalue weighted by Gasteiger charge is -2.11. The van der Waals surface area contributed by atoms with Gasteiger partial charge in [-0.25, -0.2) is 0 Å². The Morgan fingerprint density at radius 1 is 1.07 bits per heavy atom. The van der Waals surface area contributed by atoms with Crippen LogP contribution in [0.2, 0.25) is 0 Å². The maximum Gasteiger partial charge on any atom is 0.230 e. The van der Waals surface area contributed by atoms with E-state index in [2.05, 4.69) is 53.0 Å². The van der Waals surface area contributed by atoms with E-state index in [-0.39, 0.29) is 12.0 Å². The first-order valence-electron chi connectivity index (χ1n) is 9.45. The molecule has 1 aliphatic heterocycles. The summed E-state index contributed by atoms with van der Waals surface area (Å²) in [7, 11) is 0. The number of hydrogen-bond donors (Lipinski definition) is 1. The van der Waals surface area contributed by atoms with Gasteiger partial charge in [0.2, 0.25) is 5.91 Å². The summed E-state index contributed by atoms with van der Waals surface area (Å²) in [5, 5.41) is 2.99. The van der Waals surface area contributed by atoms with Crippen molar-refractivity contribution in [2.24, 2.45) is 0 Å². The lowest BCUT2D eigenvalue weighted by Crippen LogP contribution is -2.35. The standard InChI is InChI=1S/C23H22N2O2S2/c1-28-20-5-2-16(3-6-20)17-4-7-22-18(12-17)13-19(27-22)14-25-23(26)15-29-21-8-10-24-11-9-21/h2-12,19H,13-15H2,1H3,(H,25,26)/t19-/m0/s1. The first kappa shape index (κ1) is 19.9. The number of thioether (sulfide) groups is 2. The van der Waals surface area contributed by atoms with Crippen molar-refractivity contribution in [3.63, 3.8) is 0 Å². The van der Waals surface area contributed by atoms with Crippen LogP contribution in [0.15, 0.2) is 76.8 Å². The number of nitrogens with one attached hydrogen (secondary N) is 1. The Morgan fingerprint density at radius 2 is 1.83 bits per heavy atom. The number of nitrogens with zero attached hydrogens (tertiary/aromatic N) is 1. The molecule has 0 aliphatic carbocycles. The first-order valence-corrected chi connectivity index (χ1v) is 11.7. The van der Waals surface area contributed by atoms with Gasteiger partial charge in [-0.2, -0.15) is 0 Å². The molecular formula is C23H22N2O2S2. The van der Waals surface area contributed by atoms with Crippen molar-refractivity contribution in [1.29, 1.82) is 0 Å². The van der Waals surface area contributed by atoms with Crippen LogP contribution in [0.3, 0.4) is 0 Å². The molecule has 0 saturated carbocycles. The van der Waals surface area contributed by atoms with E-state index in [1.165, 1.54) is 33.3 Å². The van der Waals surface area contributed by atoms with E-state index < -0.39 is 0 Å². The molecule has 0 unspecified atom stereocenters. The minimum atomic E-state index is -0.0195. The minimum absolute atomic E-state index is 0.0148. The van der Waals surface area contributed by atoms with Crippen LogP contribution in [-0.2, 0) is 11.2 Å². The van der Waals surface area contributed by atoms with Crippen LogP contribution in [-0.4, -0.2) is 35.5 Å². The molecule has 0 spiro atoms. The summed E-state index contributed by atoms with van der Waals surface area (Å²) in [6.45, 7) is 0.516. The van der Waals surface area contributed by atoms with Crippen LogP contribution in [0.25, 0.3) is 11.1 Å². The van der Waals surface area contributed by atoms with Crippen LogP contribution < -0.4 is 10.1 Å². The minimum Gasteiger partial charge on any atom is -0.488 e. The number of pyridine rings is 1. The highest BCUT2D eigenvalue weighted by molar-refractivity contribution is 8.00. The van der Waals surface area contributed by atoms with Gasteiger partial charge in [-0.05, 0) is 59.3 Å². The summed E-state index contributed by atoms with van der Waals surface area (Å²) in [5.41, 5.74) is 3.59. The molecule has 2 aromatic carbocycles. The van der Waals surface area contributed by atoms with Gasteiger partial charge in [-0.1, -0.05) is 18.2 Å². The summed E-state index contributed by atoms with van der Waals surface area (Å²) < 4.78 is 6.01. The third-order valence-corrected chi connectivity index (χ3v) is 6.53. The van der Waals surface area contributed by atoms with Gasteiger partial charge in [0.25, 0.3) is 0 Å². The second kappa shape index (κ2) is 9.37. The molecule has 1 aromatic heterocycles. The number of benzene rings is 2. The summed E-state index contributed by atoms with van der Waals surface area (Å²) in [6, 6.07) is 18.7. The number of ether oxygens (including phenoxy) is 1. The summed E-state index contributed by atoms with van der Waals surface area (Å²) in [4.78, 5) is 18.4. The maximum atomic E-state index is 12.1. The van der Waals surface area contributed by atoms with Gasteiger partial charge >= 0.3 is 0 Å². The number of rotatable bonds is 7. The van der Waals surface area contributed by atoms with E-state index in [1.54, 1.807) is 24.2 Å². The zero-order chi connectivity index (χ0) is 20.1. The molecule has 1 aliphatic rings. The SMILES string of the molecule is CSc1ccc(-c2ccc3c(c2)C[C@@H](CNC(=O)CSc2ccncc2)O3)cc1. The van der Waals surface area contributed by atoms with E-state index >= 15 is 0 Å². The van der Waals surface area contributed by atoms with Gasteiger partial charge in [0, 0.05) is 28.6 Å². The zero-order valence-corrected chi connectivity index (χ0v) is 17.8. The van der Waals surface area contributed by atoms with Gasteiger partial charge in [0.05, 0.1) is 12.3 Å². The molecule has 4 rings (SSSR count). The second-order valence-corrected chi connectivity index (χ2v) is 8.70. The van der Waals surface area contributed by atoms with Crippen LogP contribution in [0.1, 0.15) is 5.56 Å². The van der Waals surface area contributed by atoms with E-state index in [0.717, 1.165) is 17.1 Å². The van der Waals surface area contributed by atoms with Crippen LogP contribution >= 0.6 is 23.5 Å². The van der Waals surface area contributed by atoms with E-state index in [4.69, 9.17) is 4.74 Å². The Balaban J connectivity index is 1.30. The molecule has 148 valence electrons. The Bertz CT molecular complexity index is 978. The predicted molar refractivity (Wildman–Crippen MR) is 120 cm³/mol. The quantitative estimate of drug-likeness (QED) is 0.560. The lowest BCUT2D eigenvalue weighted by molar-refractivity contribution is -0.118. The van der Waals surface area contributed by atoms with Gasteiger partial charge < -0.3 is 10.1 Å². The summed E-state index contributed by atoms with van der Waals surface area (Å²) >= 11 is 3.25. The fourth-order valence-electron chi connectivity index (χ4n) is 3.26. The highest BCUT2D eigenvalue weighted by Gasteiger charge is 2.23. The maximum absolute atomic E-state index is 12.1. The highest BCUT2D eigenvalue weighted by atomic mass is 32.2. The monoisotopic (exact) mass is 422 g/mol. The molecular weight excluding hydrogens is 400 g/mol.